The summed E-state index contributed by atoms with van der Waals surface area (Å²) in [6.07, 6.45) is 2.87. The Hall–Kier alpha value is -0.480. The van der Waals surface area contributed by atoms with Gasteiger partial charge in [-0.15, -0.1) is 0 Å². The molecule has 1 aromatic heterocycles. The highest BCUT2D eigenvalue weighted by Gasteiger charge is 2.18. The fourth-order valence-corrected chi connectivity index (χ4v) is 2.14. The average Bonchev–Trinajstić information content (AvgIpc) is 2.59. The van der Waals surface area contributed by atoms with Crippen LogP contribution in [0.4, 0.5) is 0 Å². The van der Waals surface area contributed by atoms with Gasteiger partial charge in [0.05, 0.1) is 11.9 Å². The number of oxazole rings is 1. The van der Waals surface area contributed by atoms with Gasteiger partial charge in [0, 0.05) is 11.5 Å². The van der Waals surface area contributed by atoms with Crippen LogP contribution in [0.1, 0.15) is 45.8 Å². The zero-order valence-corrected chi connectivity index (χ0v) is 11.4. The molecule has 0 bridgehead atoms. The molecule has 0 fully saturated rings. The lowest BCUT2D eigenvalue weighted by Crippen LogP contribution is -2.15. The minimum atomic E-state index is 0.0433. The number of nitrogens with two attached hydrogens (primary N) is 1. The summed E-state index contributed by atoms with van der Waals surface area (Å²) in [7, 11) is 0. The van der Waals surface area contributed by atoms with Crippen molar-refractivity contribution in [1.82, 2.24) is 4.98 Å². The van der Waals surface area contributed by atoms with Crippen molar-refractivity contribution in [2.75, 3.05) is 5.75 Å². The molecule has 0 saturated heterocycles. The highest BCUT2D eigenvalue weighted by molar-refractivity contribution is 7.98. The van der Waals surface area contributed by atoms with Crippen molar-refractivity contribution >= 4 is 11.8 Å². The maximum Gasteiger partial charge on any atom is 0.204 e. The normalized spacial score (nSPS) is 14.1. The van der Waals surface area contributed by atoms with Crippen molar-refractivity contribution < 1.29 is 4.42 Å². The van der Waals surface area contributed by atoms with Crippen molar-refractivity contribution in [1.29, 1.82) is 0 Å². The van der Waals surface area contributed by atoms with E-state index in [9.17, 15) is 0 Å². The molecule has 4 heteroatoms. The van der Waals surface area contributed by atoms with E-state index in [1.807, 2.05) is 24.9 Å². The maximum atomic E-state index is 5.69. The largest absolute Gasteiger partial charge is 0.444 e. The fraction of sp³-hybridized carbons (Fsp3) is 0.750. The molecule has 0 spiro atoms. The quantitative estimate of drug-likeness (QED) is 0.807. The molecule has 0 aliphatic heterocycles. The molecule has 0 aromatic carbocycles. The summed E-state index contributed by atoms with van der Waals surface area (Å²) in [6, 6.07) is 0.280. The van der Waals surface area contributed by atoms with Gasteiger partial charge in [0.15, 0.2) is 0 Å². The summed E-state index contributed by atoms with van der Waals surface area (Å²) in [5.74, 6) is 3.67. The Morgan fingerprint density at radius 1 is 1.50 bits per heavy atom. The first-order chi connectivity index (χ1) is 7.39. The first kappa shape index (κ1) is 13.6. The molecule has 0 radical (unpaired) electrons. The molecule has 0 aliphatic rings. The first-order valence-corrected chi connectivity index (χ1v) is 6.83. The predicted octanol–water partition coefficient (Wildman–Crippen LogP) is 2.94. The van der Waals surface area contributed by atoms with Gasteiger partial charge in [-0.05, 0) is 19.1 Å². The van der Waals surface area contributed by atoms with E-state index in [4.69, 9.17) is 10.2 Å². The van der Waals surface area contributed by atoms with Crippen LogP contribution in [0, 0.1) is 0 Å². The Bertz CT molecular complexity index is 315. The smallest absolute Gasteiger partial charge is 0.204 e. The molecule has 1 rings (SSSR count). The van der Waals surface area contributed by atoms with Gasteiger partial charge < -0.3 is 10.2 Å². The second-order valence-corrected chi connectivity index (χ2v) is 6.29. The molecule has 3 nitrogen and oxygen atoms in total. The highest BCUT2D eigenvalue weighted by Crippen LogP contribution is 2.24. The van der Waals surface area contributed by atoms with Crippen LogP contribution in [0.5, 0.6) is 0 Å². The number of rotatable bonds is 5. The Morgan fingerprint density at radius 2 is 2.19 bits per heavy atom. The standard InChI is InChI=1S/C12H22N2OS/c1-9(13)5-6-16-8-11-14-7-10(15-11)12(2,3)4/h7,9H,5-6,8,13H2,1-4H3. The van der Waals surface area contributed by atoms with E-state index < -0.39 is 0 Å². The topological polar surface area (TPSA) is 52.0 Å². The average molecular weight is 242 g/mol. The van der Waals surface area contributed by atoms with Crippen LogP contribution in [0.3, 0.4) is 0 Å². The van der Waals surface area contributed by atoms with E-state index in [0.717, 1.165) is 29.6 Å². The third kappa shape index (κ3) is 4.58. The summed E-state index contributed by atoms with van der Waals surface area (Å²) < 4.78 is 5.69. The summed E-state index contributed by atoms with van der Waals surface area (Å²) in [4.78, 5) is 4.28. The lowest BCUT2D eigenvalue weighted by molar-refractivity contribution is 0.391. The van der Waals surface area contributed by atoms with Gasteiger partial charge in [0.2, 0.25) is 5.89 Å². The van der Waals surface area contributed by atoms with Crippen LogP contribution in [0.15, 0.2) is 10.6 Å². The highest BCUT2D eigenvalue weighted by atomic mass is 32.2. The molecule has 92 valence electrons. The lowest BCUT2D eigenvalue weighted by atomic mass is 9.94. The number of hydrogen-bond donors (Lipinski definition) is 1. The zero-order chi connectivity index (χ0) is 12.2. The molecule has 0 saturated carbocycles. The second kappa shape index (κ2) is 5.73. The van der Waals surface area contributed by atoms with E-state index in [0.29, 0.717) is 0 Å². The van der Waals surface area contributed by atoms with Gasteiger partial charge in [0.1, 0.15) is 5.76 Å². The van der Waals surface area contributed by atoms with Gasteiger partial charge >= 0.3 is 0 Å². The molecule has 0 amide bonds. The van der Waals surface area contributed by atoms with Crippen LogP contribution in [0.2, 0.25) is 0 Å². The summed E-state index contributed by atoms with van der Waals surface area (Å²) >= 11 is 1.82. The van der Waals surface area contributed by atoms with Crippen molar-refractivity contribution in [3.05, 3.63) is 17.8 Å². The van der Waals surface area contributed by atoms with E-state index >= 15 is 0 Å². The van der Waals surface area contributed by atoms with Crippen molar-refractivity contribution in [3.8, 4) is 0 Å². The zero-order valence-electron chi connectivity index (χ0n) is 10.6. The van der Waals surface area contributed by atoms with Crippen LogP contribution < -0.4 is 5.73 Å². The molecular weight excluding hydrogens is 220 g/mol. The van der Waals surface area contributed by atoms with Crippen molar-refractivity contribution in [2.24, 2.45) is 5.73 Å². The number of aromatic nitrogens is 1. The first-order valence-electron chi connectivity index (χ1n) is 5.68. The Kier molecular flexibility index (Phi) is 4.87. The molecule has 2 N–H and O–H groups in total. The van der Waals surface area contributed by atoms with Crippen molar-refractivity contribution in [2.45, 2.75) is 51.3 Å². The molecule has 1 aromatic rings. The van der Waals surface area contributed by atoms with Gasteiger partial charge in [-0.3, -0.25) is 0 Å². The van der Waals surface area contributed by atoms with Gasteiger partial charge in [-0.2, -0.15) is 11.8 Å². The molecule has 0 aliphatic carbocycles. The van der Waals surface area contributed by atoms with Crippen LogP contribution in [0.25, 0.3) is 0 Å². The number of nitrogens with zero attached hydrogens (tertiary/aromatic N) is 1. The SMILES string of the molecule is CC(N)CCSCc1ncc(C(C)(C)C)o1. The maximum absolute atomic E-state index is 5.69. The monoisotopic (exact) mass is 242 g/mol. The van der Waals surface area contributed by atoms with E-state index in [-0.39, 0.29) is 11.5 Å². The Balaban J connectivity index is 2.36. The van der Waals surface area contributed by atoms with Crippen LogP contribution in [-0.2, 0) is 11.2 Å². The van der Waals surface area contributed by atoms with Gasteiger partial charge in [-0.25, -0.2) is 4.98 Å². The number of hydrogen-bond acceptors (Lipinski definition) is 4. The van der Waals surface area contributed by atoms with E-state index in [2.05, 4.69) is 25.8 Å². The molecule has 1 unspecified atom stereocenters. The molecule has 1 atom stereocenters. The third-order valence-electron chi connectivity index (χ3n) is 2.24. The fourth-order valence-electron chi connectivity index (χ4n) is 1.15. The number of thioether (sulfide) groups is 1. The Labute approximate surface area is 102 Å². The Morgan fingerprint density at radius 3 is 2.69 bits per heavy atom. The minimum Gasteiger partial charge on any atom is -0.444 e. The summed E-state index contributed by atoms with van der Waals surface area (Å²) in [5, 5.41) is 0. The summed E-state index contributed by atoms with van der Waals surface area (Å²) in [6.45, 7) is 8.41. The van der Waals surface area contributed by atoms with Crippen molar-refractivity contribution in [3.63, 3.8) is 0 Å². The van der Waals surface area contributed by atoms with Gasteiger partial charge in [0.25, 0.3) is 0 Å². The third-order valence-corrected chi connectivity index (χ3v) is 3.21. The molecule has 1 heterocycles. The molecule has 16 heavy (non-hydrogen) atoms. The molecular formula is C12H22N2OS. The second-order valence-electron chi connectivity index (χ2n) is 5.19. The van der Waals surface area contributed by atoms with Crippen LogP contribution >= 0.6 is 11.8 Å². The van der Waals surface area contributed by atoms with Gasteiger partial charge in [-0.1, -0.05) is 20.8 Å². The minimum absolute atomic E-state index is 0.0433. The predicted molar refractivity (Wildman–Crippen MR) is 69.6 cm³/mol. The lowest BCUT2D eigenvalue weighted by Gasteiger charge is -2.13. The van der Waals surface area contributed by atoms with Crippen LogP contribution in [-0.4, -0.2) is 16.8 Å². The van der Waals surface area contributed by atoms with E-state index in [1.165, 1.54) is 0 Å². The van der Waals surface area contributed by atoms with E-state index in [1.54, 1.807) is 0 Å². The summed E-state index contributed by atoms with van der Waals surface area (Å²) in [5.41, 5.74) is 5.72.